The Kier molecular flexibility index (Phi) is 6.39. The highest BCUT2D eigenvalue weighted by Crippen LogP contribution is 2.11. The molecule has 0 aromatic heterocycles. The molecule has 0 unspecified atom stereocenters. The zero-order valence-electron chi connectivity index (χ0n) is 12.2. The maximum Gasteiger partial charge on any atom is 0.319 e. The summed E-state index contributed by atoms with van der Waals surface area (Å²) in [6, 6.07) is 6.41. The van der Waals surface area contributed by atoms with Gasteiger partial charge in [-0.25, -0.2) is 17.9 Å². The van der Waals surface area contributed by atoms with E-state index >= 15 is 0 Å². The van der Waals surface area contributed by atoms with E-state index in [-0.39, 0.29) is 24.4 Å². The molecule has 0 bridgehead atoms. The summed E-state index contributed by atoms with van der Waals surface area (Å²) in [5.74, 6) is -0.112. The van der Waals surface area contributed by atoms with E-state index in [2.05, 4.69) is 21.9 Å². The van der Waals surface area contributed by atoms with Crippen LogP contribution in [-0.2, 0) is 15.8 Å². The van der Waals surface area contributed by atoms with Gasteiger partial charge in [0.2, 0.25) is 10.0 Å². The van der Waals surface area contributed by atoms with Gasteiger partial charge in [-0.05, 0) is 31.5 Å². The molecular formula is C14H21N3O3S. The predicted molar refractivity (Wildman–Crippen MR) is 84.6 cm³/mol. The molecule has 116 valence electrons. The molecule has 0 aliphatic rings. The molecule has 0 fully saturated rings. The number of carbonyl (C=O) groups is 1. The van der Waals surface area contributed by atoms with Gasteiger partial charge in [-0.15, -0.1) is 6.58 Å². The summed E-state index contributed by atoms with van der Waals surface area (Å²) in [6.45, 7) is 7.39. The lowest BCUT2D eigenvalue weighted by molar-refractivity contribution is 0.250. The number of carbonyl (C=O) groups excluding carboxylic acids is 1. The average Bonchev–Trinajstić information content (AvgIpc) is 2.37. The molecule has 0 spiro atoms. The van der Waals surface area contributed by atoms with Crippen LogP contribution in [-0.4, -0.2) is 27.0 Å². The molecule has 1 aromatic carbocycles. The van der Waals surface area contributed by atoms with Crippen molar-refractivity contribution in [3.05, 3.63) is 42.5 Å². The van der Waals surface area contributed by atoms with Crippen molar-refractivity contribution in [1.82, 2.24) is 10.0 Å². The van der Waals surface area contributed by atoms with Crippen molar-refractivity contribution < 1.29 is 13.2 Å². The van der Waals surface area contributed by atoms with Crippen molar-refractivity contribution in [2.75, 3.05) is 11.9 Å². The van der Waals surface area contributed by atoms with Crippen LogP contribution in [0.15, 0.2) is 36.9 Å². The fourth-order valence-corrected chi connectivity index (χ4v) is 2.68. The van der Waals surface area contributed by atoms with E-state index in [0.717, 1.165) is 0 Å². The molecule has 7 heteroatoms. The number of benzene rings is 1. The summed E-state index contributed by atoms with van der Waals surface area (Å²) >= 11 is 0. The number of sulfonamides is 1. The Morgan fingerprint density at radius 2 is 1.90 bits per heavy atom. The highest BCUT2D eigenvalue weighted by molar-refractivity contribution is 7.88. The predicted octanol–water partition coefficient (Wildman–Crippen LogP) is 1.82. The fourth-order valence-electron chi connectivity index (χ4n) is 1.57. The van der Waals surface area contributed by atoms with E-state index in [0.29, 0.717) is 11.3 Å². The molecular weight excluding hydrogens is 290 g/mol. The van der Waals surface area contributed by atoms with Crippen LogP contribution in [0.5, 0.6) is 0 Å². The Hall–Kier alpha value is -1.86. The largest absolute Gasteiger partial charge is 0.336 e. The van der Waals surface area contributed by atoms with Crippen molar-refractivity contribution >= 4 is 21.7 Å². The minimum absolute atomic E-state index is 0.0466. The Labute approximate surface area is 125 Å². The van der Waals surface area contributed by atoms with Crippen molar-refractivity contribution in [3.63, 3.8) is 0 Å². The van der Waals surface area contributed by atoms with E-state index in [9.17, 15) is 13.2 Å². The van der Waals surface area contributed by atoms with Crippen LogP contribution in [0, 0.1) is 0 Å². The maximum atomic E-state index is 11.7. The van der Waals surface area contributed by atoms with E-state index in [4.69, 9.17) is 0 Å². The van der Waals surface area contributed by atoms with E-state index in [1.54, 1.807) is 24.3 Å². The smallest absolute Gasteiger partial charge is 0.319 e. The summed E-state index contributed by atoms with van der Waals surface area (Å²) in [5.41, 5.74) is 1.25. The molecule has 0 saturated carbocycles. The number of urea groups is 1. The van der Waals surface area contributed by atoms with Gasteiger partial charge in [0.15, 0.2) is 0 Å². The fraction of sp³-hybridized carbons (Fsp3) is 0.357. The Morgan fingerprint density at radius 1 is 1.29 bits per heavy atom. The third-order valence-corrected chi connectivity index (χ3v) is 3.76. The second kappa shape index (κ2) is 7.80. The van der Waals surface area contributed by atoms with Gasteiger partial charge in [0.05, 0.1) is 5.75 Å². The van der Waals surface area contributed by atoms with Crippen molar-refractivity contribution in [2.24, 2.45) is 0 Å². The molecule has 0 radical (unpaired) electrons. The van der Waals surface area contributed by atoms with E-state index in [1.165, 1.54) is 6.08 Å². The highest BCUT2D eigenvalue weighted by atomic mass is 32.2. The number of anilines is 1. The maximum absolute atomic E-state index is 11.7. The van der Waals surface area contributed by atoms with Crippen LogP contribution in [0.25, 0.3) is 0 Å². The standard InChI is InChI=1S/C14H21N3O3S/c1-4-9-15-21(19,20)10-12-5-7-13(8-6-12)17-14(18)16-11(2)3/h4-8,11,15H,1,9-10H2,2-3H3,(H2,16,17,18). The number of hydrogen-bond acceptors (Lipinski definition) is 3. The monoisotopic (exact) mass is 311 g/mol. The topological polar surface area (TPSA) is 87.3 Å². The zero-order valence-corrected chi connectivity index (χ0v) is 13.0. The lowest BCUT2D eigenvalue weighted by Crippen LogP contribution is -2.34. The number of rotatable bonds is 7. The molecule has 1 rings (SSSR count). The second-order valence-electron chi connectivity index (χ2n) is 4.85. The van der Waals surface area contributed by atoms with Crippen LogP contribution in [0.2, 0.25) is 0 Å². The first-order valence-corrected chi connectivity index (χ1v) is 8.22. The highest BCUT2D eigenvalue weighted by Gasteiger charge is 2.10. The molecule has 0 aliphatic carbocycles. The van der Waals surface area contributed by atoms with E-state index < -0.39 is 10.0 Å². The minimum atomic E-state index is -3.37. The van der Waals surface area contributed by atoms with Crippen LogP contribution in [0.3, 0.4) is 0 Å². The summed E-state index contributed by atoms with van der Waals surface area (Å²) in [7, 11) is -3.37. The van der Waals surface area contributed by atoms with Crippen molar-refractivity contribution in [1.29, 1.82) is 0 Å². The van der Waals surface area contributed by atoms with Gasteiger partial charge in [-0.3, -0.25) is 0 Å². The molecule has 0 saturated heterocycles. The summed E-state index contributed by atoms with van der Waals surface area (Å²) in [6.07, 6.45) is 1.48. The first kappa shape index (κ1) is 17.2. The van der Waals surface area contributed by atoms with Gasteiger partial charge in [-0.2, -0.15) is 0 Å². The lowest BCUT2D eigenvalue weighted by atomic mass is 10.2. The van der Waals surface area contributed by atoms with Crippen molar-refractivity contribution in [2.45, 2.75) is 25.6 Å². The summed E-state index contributed by atoms with van der Waals surface area (Å²) < 4.78 is 25.8. The van der Waals surface area contributed by atoms with Gasteiger partial charge in [-0.1, -0.05) is 18.2 Å². The number of amides is 2. The summed E-state index contributed by atoms with van der Waals surface area (Å²) in [5, 5.41) is 5.37. The van der Waals surface area contributed by atoms with Crippen molar-refractivity contribution in [3.8, 4) is 0 Å². The lowest BCUT2D eigenvalue weighted by Gasteiger charge is -2.10. The second-order valence-corrected chi connectivity index (χ2v) is 6.65. The first-order chi connectivity index (χ1) is 9.82. The van der Waals surface area contributed by atoms with Crippen LogP contribution in [0.1, 0.15) is 19.4 Å². The SMILES string of the molecule is C=CCNS(=O)(=O)Cc1ccc(NC(=O)NC(C)C)cc1. The quantitative estimate of drug-likeness (QED) is 0.671. The third kappa shape index (κ3) is 6.92. The Balaban J connectivity index is 2.62. The zero-order chi connectivity index (χ0) is 15.9. The molecule has 21 heavy (non-hydrogen) atoms. The van der Waals surface area contributed by atoms with Gasteiger partial charge < -0.3 is 10.6 Å². The van der Waals surface area contributed by atoms with Crippen LogP contribution < -0.4 is 15.4 Å². The van der Waals surface area contributed by atoms with Gasteiger partial charge >= 0.3 is 6.03 Å². The molecule has 0 atom stereocenters. The molecule has 6 nitrogen and oxygen atoms in total. The Morgan fingerprint density at radius 3 is 2.43 bits per heavy atom. The Bertz CT molecular complexity index is 580. The first-order valence-electron chi connectivity index (χ1n) is 6.57. The molecule has 0 aliphatic heterocycles. The molecule has 1 aromatic rings. The average molecular weight is 311 g/mol. The molecule has 0 heterocycles. The molecule has 3 N–H and O–H groups in total. The van der Waals surface area contributed by atoms with Crippen LogP contribution >= 0.6 is 0 Å². The normalized spacial score (nSPS) is 11.2. The number of nitrogens with one attached hydrogen (secondary N) is 3. The van der Waals surface area contributed by atoms with Gasteiger partial charge in [0.1, 0.15) is 0 Å². The third-order valence-electron chi connectivity index (χ3n) is 2.44. The van der Waals surface area contributed by atoms with Gasteiger partial charge in [0.25, 0.3) is 0 Å². The van der Waals surface area contributed by atoms with E-state index in [1.807, 2.05) is 13.8 Å². The minimum Gasteiger partial charge on any atom is -0.336 e. The molecule has 2 amide bonds. The van der Waals surface area contributed by atoms with Crippen LogP contribution in [0.4, 0.5) is 10.5 Å². The number of hydrogen-bond donors (Lipinski definition) is 3. The summed E-state index contributed by atoms with van der Waals surface area (Å²) in [4.78, 5) is 11.5. The van der Waals surface area contributed by atoms with Gasteiger partial charge in [0, 0.05) is 18.3 Å².